The summed E-state index contributed by atoms with van der Waals surface area (Å²) in [5.41, 5.74) is 2.73. The SMILES string of the molecule is Cc1ccc(CNC(C)c2ccc(CC(C)C)cc2)o1. The highest BCUT2D eigenvalue weighted by Crippen LogP contribution is 2.16. The van der Waals surface area contributed by atoms with Crippen LogP contribution in [-0.2, 0) is 13.0 Å². The third kappa shape index (κ3) is 4.24. The Bertz CT molecular complexity index is 525. The normalized spacial score (nSPS) is 12.8. The molecule has 1 N–H and O–H groups in total. The zero-order valence-corrected chi connectivity index (χ0v) is 12.9. The Morgan fingerprint density at radius 3 is 2.25 bits per heavy atom. The van der Waals surface area contributed by atoms with E-state index in [2.05, 4.69) is 50.4 Å². The van der Waals surface area contributed by atoms with Crippen LogP contribution in [0.1, 0.15) is 49.5 Å². The van der Waals surface area contributed by atoms with Crippen molar-refractivity contribution in [3.63, 3.8) is 0 Å². The van der Waals surface area contributed by atoms with Gasteiger partial charge in [0.2, 0.25) is 0 Å². The third-order valence-electron chi connectivity index (χ3n) is 3.50. The fourth-order valence-electron chi connectivity index (χ4n) is 2.37. The summed E-state index contributed by atoms with van der Waals surface area (Å²) in [6, 6.07) is 13.3. The quantitative estimate of drug-likeness (QED) is 0.828. The Labute approximate surface area is 122 Å². The zero-order valence-electron chi connectivity index (χ0n) is 12.9. The summed E-state index contributed by atoms with van der Waals surface area (Å²) in [5.74, 6) is 2.66. The van der Waals surface area contributed by atoms with E-state index in [9.17, 15) is 0 Å². The fourth-order valence-corrected chi connectivity index (χ4v) is 2.37. The minimum Gasteiger partial charge on any atom is -0.465 e. The molecule has 0 aliphatic rings. The maximum absolute atomic E-state index is 5.57. The van der Waals surface area contributed by atoms with Crippen LogP contribution in [0, 0.1) is 12.8 Å². The molecule has 1 atom stereocenters. The first kappa shape index (κ1) is 14.9. The Kier molecular flexibility index (Phi) is 5.02. The summed E-state index contributed by atoms with van der Waals surface area (Å²) >= 11 is 0. The summed E-state index contributed by atoms with van der Waals surface area (Å²) in [5, 5.41) is 3.50. The lowest BCUT2D eigenvalue weighted by atomic mass is 10.00. The van der Waals surface area contributed by atoms with E-state index >= 15 is 0 Å². The van der Waals surface area contributed by atoms with E-state index in [0.29, 0.717) is 12.0 Å². The van der Waals surface area contributed by atoms with Crippen molar-refractivity contribution in [1.29, 1.82) is 0 Å². The summed E-state index contributed by atoms with van der Waals surface area (Å²) in [6.45, 7) is 9.43. The lowest BCUT2D eigenvalue weighted by Crippen LogP contribution is -2.17. The van der Waals surface area contributed by atoms with Crippen LogP contribution < -0.4 is 5.32 Å². The number of benzene rings is 1. The first-order valence-electron chi connectivity index (χ1n) is 7.42. The molecule has 0 fully saturated rings. The molecular formula is C18H25NO. The van der Waals surface area contributed by atoms with Crippen LogP contribution in [0.2, 0.25) is 0 Å². The van der Waals surface area contributed by atoms with Gasteiger partial charge in [0.15, 0.2) is 0 Å². The predicted molar refractivity (Wildman–Crippen MR) is 83.7 cm³/mol. The molecule has 0 amide bonds. The summed E-state index contributed by atoms with van der Waals surface area (Å²) in [4.78, 5) is 0. The molecule has 0 aliphatic carbocycles. The smallest absolute Gasteiger partial charge is 0.117 e. The first-order valence-corrected chi connectivity index (χ1v) is 7.42. The van der Waals surface area contributed by atoms with Gasteiger partial charge in [-0.1, -0.05) is 38.1 Å². The van der Waals surface area contributed by atoms with E-state index in [1.54, 1.807) is 0 Å². The van der Waals surface area contributed by atoms with E-state index in [1.165, 1.54) is 11.1 Å². The Hall–Kier alpha value is -1.54. The molecule has 1 aromatic carbocycles. The highest BCUT2D eigenvalue weighted by molar-refractivity contribution is 5.25. The topological polar surface area (TPSA) is 25.2 Å². The second-order valence-corrected chi connectivity index (χ2v) is 5.95. The van der Waals surface area contributed by atoms with Gasteiger partial charge in [-0.2, -0.15) is 0 Å². The molecule has 0 saturated carbocycles. The summed E-state index contributed by atoms with van der Waals surface area (Å²) in [7, 11) is 0. The number of aryl methyl sites for hydroxylation is 1. The summed E-state index contributed by atoms with van der Waals surface area (Å²) in [6.07, 6.45) is 1.15. The first-order chi connectivity index (χ1) is 9.54. The van der Waals surface area contributed by atoms with Crippen LogP contribution in [0.5, 0.6) is 0 Å². The average Bonchev–Trinajstić information content (AvgIpc) is 2.82. The standard InChI is InChI=1S/C18H25NO/c1-13(2)11-16-6-8-17(9-7-16)15(4)19-12-18-10-5-14(3)20-18/h5-10,13,15,19H,11-12H2,1-4H3. The van der Waals surface area contributed by atoms with Crippen molar-refractivity contribution >= 4 is 0 Å². The molecule has 2 heteroatoms. The van der Waals surface area contributed by atoms with Gasteiger partial charge >= 0.3 is 0 Å². The molecule has 0 saturated heterocycles. The molecule has 20 heavy (non-hydrogen) atoms. The maximum Gasteiger partial charge on any atom is 0.117 e. The van der Waals surface area contributed by atoms with Gasteiger partial charge in [-0.05, 0) is 49.4 Å². The van der Waals surface area contributed by atoms with Crippen LogP contribution in [0.4, 0.5) is 0 Å². The van der Waals surface area contributed by atoms with Gasteiger partial charge in [-0.25, -0.2) is 0 Å². The second-order valence-electron chi connectivity index (χ2n) is 5.95. The molecule has 0 radical (unpaired) electrons. The van der Waals surface area contributed by atoms with Crippen molar-refractivity contribution in [1.82, 2.24) is 5.32 Å². The molecule has 2 nitrogen and oxygen atoms in total. The highest BCUT2D eigenvalue weighted by atomic mass is 16.3. The second kappa shape index (κ2) is 6.76. The Morgan fingerprint density at radius 1 is 1.00 bits per heavy atom. The molecule has 2 aromatic rings. The number of rotatable bonds is 6. The van der Waals surface area contributed by atoms with Gasteiger partial charge in [0.25, 0.3) is 0 Å². The summed E-state index contributed by atoms with van der Waals surface area (Å²) < 4.78 is 5.57. The van der Waals surface area contributed by atoms with Crippen LogP contribution in [0.15, 0.2) is 40.8 Å². The zero-order chi connectivity index (χ0) is 14.5. The lowest BCUT2D eigenvalue weighted by Gasteiger charge is -2.14. The van der Waals surface area contributed by atoms with E-state index in [0.717, 1.165) is 24.5 Å². The lowest BCUT2D eigenvalue weighted by molar-refractivity contribution is 0.444. The van der Waals surface area contributed by atoms with Gasteiger partial charge in [-0.3, -0.25) is 0 Å². The molecule has 2 rings (SSSR count). The van der Waals surface area contributed by atoms with Crippen molar-refractivity contribution in [3.8, 4) is 0 Å². The maximum atomic E-state index is 5.57. The van der Waals surface area contributed by atoms with Crippen molar-refractivity contribution in [2.75, 3.05) is 0 Å². The molecule has 0 bridgehead atoms. The third-order valence-corrected chi connectivity index (χ3v) is 3.50. The van der Waals surface area contributed by atoms with Crippen LogP contribution in [-0.4, -0.2) is 0 Å². The molecule has 0 spiro atoms. The minimum absolute atomic E-state index is 0.327. The van der Waals surface area contributed by atoms with Crippen LogP contribution in [0.25, 0.3) is 0 Å². The molecule has 0 aliphatic heterocycles. The fraction of sp³-hybridized carbons (Fsp3) is 0.444. The number of hydrogen-bond acceptors (Lipinski definition) is 2. The van der Waals surface area contributed by atoms with E-state index in [1.807, 2.05) is 19.1 Å². The van der Waals surface area contributed by atoms with Crippen LogP contribution >= 0.6 is 0 Å². The molecular weight excluding hydrogens is 246 g/mol. The Morgan fingerprint density at radius 2 is 1.70 bits per heavy atom. The number of furan rings is 1. The number of hydrogen-bond donors (Lipinski definition) is 1. The van der Waals surface area contributed by atoms with Crippen molar-refractivity contribution in [2.24, 2.45) is 5.92 Å². The monoisotopic (exact) mass is 271 g/mol. The number of nitrogens with one attached hydrogen (secondary N) is 1. The predicted octanol–water partition coefficient (Wildman–Crippen LogP) is 4.64. The van der Waals surface area contributed by atoms with Gasteiger partial charge in [-0.15, -0.1) is 0 Å². The van der Waals surface area contributed by atoms with Gasteiger partial charge in [0.05, 0.1) is 6.54 Å². The van der Waals surface area contributed by atoms with Gasteiger partial charge in [0.1, 0.15) is 11.5 Å². The van der Waals surface area contributed by atoms with Gasteiger partial charge in [0, 0.05) is 6.04 Å². The van der Waals surface area contributed by atoms with E-state index in [-0.39, 0.29) is 0 Å². The molecule has 1 aromatic heterocycles. The van der Waals surface area contributed by atoms with Crippen LogP contribution in [0.3, 0.4) is 0 Å². The Balaban J connectivity index is 1.90. The molecule has 1 heterocycles. The van der Waals surface area contributed by atoms with E-state index < -0.39 is 0 Å². The van der Waals surface area contributed by atoms with Crippen molar-refractivity contribution in [2.45, 2.75) is 46.7 Å². The van der Waals surface area contributed by atoms with Gasteiger partial charge < -0.3 is 9.73 Å². The van der Waals surface area contributed by atoms with Crippen molar-refractivity contribution < 1.29 is 4.42 Å². The molecule has 1 unspecified atom stereocenters. The average molecular weight is 271 g/mol. The minimum atomic E-state index is 0.327. The van der Waals surface area contributed by atoms with E-state index in [4.69, 9.17) is 4.42 Å². The van der Waals surface area contributed by atoms with Crippen molar-refractivity contribution in [3.05, 3.63) is 59.0 Å². The highest BCUT2D eigenvalue weighted by Gasteiger charge is 2.07. The molecule has 108 valence electrons. The largest absolute Gasteiger partial charge is 0.465 e.